The number of nitrogens with two attached hydrogens (primary N) is 1. The molecule has 0 aliphatic heterocycles. The normalized spacial score (nSPS) is 11.3. The first-order valence-corrected chi connectivity index (χ1v) is 4.93. The summed E-state index contributed by atoms with van der Waals surface area (Å²) in [6.07, 6.45) is 1.81. The minimum atomic E-state index is -0.179. The van der Waals surface area contributed by atoms with E-state index in [-0.39, 0.29) is 5.56 Å². The van der Waals surface area contributed by atoms with Crippen LogP contribution in [0.1, 0.15) is 5.69 Å². The van der Waals surface area contributed by atoms with Crippen LogP contribution in [-0.4, -0.2) is 15.0 Å². The topological polar surface area (TPSA) is 87.6 Å². The second kappa shape index (κ2) is 2.85. The zero-order valence-corrected chi connectivity index (χ0v) is 8.66. The standard InChI is InChI=1S/C11H10N4O/c1-5-11(16)15-8-4-7(12)9-6(2-3-13-9)10(8)14-5/h2-4,13H,12H2,1H3,(H,15,16). The number of nitrogen functional groups attached to an aromatic ring is 1. The average Bonchev–Trinajstić information content (AvgIpc) is 2.71. The summed E-state index contributed by atoms with van der Waals surface area (Å²) >= 11 is 0. The molecule has 0 spiro atoms. The molecule has 1 aromatic carbocycles. The molecule has 0 amide bonds. The number of hydrogen-bond donors (Lipinski definition) is 3. The van der Waals surface area contributed by atoms with E-state index in [1.54, 1.807) is 13.0 Å². The van der Waals surface area contributed by atoms with E-state index < -0.39 is 0 Å². The first-order valence-electron chi connectivity index (χ1n) is 4.93. The Hall–Kier alpha value is -2.30. The molecule has 2 aromatic heterocycles. The number of rotatable bonds is 0. The van der Waals surface area contributed by atoms with E-state index in [1.165, 1.54) is 0 Å². The summed E-state index contributed by atoms with van der Waals surface area (Å²) in [5.41, 5.74) is 9.04. The highest BCUT2D eigenvalue weighted by atomic mass is 16.1. The van der Waals surface area contributed by atoms with Crippen LogP contribution in [0.25, 0.3) is 21.9 Å². The van der Waals surface area contributed by atoms with Gasteiger partial charge < -0.3 is 15.7 Å². The summed E-state index contributed by atoms with van der Waals surface area (Å²) in [7, 11) is 0. The van der Waals surface area contributed by atoms with Gasteiger partial charge in [-0.1, -0.05) is 0 Å². The van der Waals surface area contributed by atoms with Gasteiger partial charge in [0.25, 0.3) is 5.56 Å². The van der Waals surface area contributed by atoms with Crippen molar-refractivity contribution in [1.29, 1.82) is 0 Å². The Morgan fingerprint density at radius 3 is 3.06 bits per heavy atom. The molecule has 0 fully saturated rings. The predicted molar refractivity (Wildman–Crippen MR) is 63.4 cm³/mol. The molecule has 0 saturated heterocycles. The van der Waals surface area contributed by atoms with Crippen molar-refractivity contribution < 1.29 is 0 Å². The van der Waals surface area contributed by atoms with E-state index in [0.29, 0.717) is 16.9 Å². The van der Waals surface area contributed by atoms with Crippen LogP contribution in [0.2, 0.25) is 0 Å². The maximum atomic E-state index is 11.5. The van der Waals surface area contributed by atoms with Crippen molar-refractivity contribution in [3.05, 3.63) is 34.4 Å². The predicted octanol–water partition coefficient (Wildman–Crippen LogP) is 1.30. The number of fused-ring (bicyclic) bond motifs is 3. The van der Waals surface area contributed by atoms with Crippen LogP contribution in [0.15, 0.2) is 23.1 Å². The number of benzene rings is 1. The van der Waals surface area contributed by atoms with Gasteiger partial charge in [-0.2, -0.15) is 0 Å². The maximum absolute atomic E-state index is 11.5. The summed E-state index contributed by atoms with van der Waals surface area (Å²) in [6.45, 7) is 1.69. The van der Waals surface area contributed by atoms with Crippen LogP contribution < -0.4 is 11.3 Å². The van der Waals surface area contributed by atoms with Crippen LogP contribution in [0.4, 0.5) is 5.69 Å². The largest absolute Gasteiger partial charge is 0.397 e. The highest BCUT2D eigenvalue weighted by molar-refractivity contribution is 6.08. The Labute approximate surface area is 90.3 Å². The highest BCUT2D eigenvalue weighted by Crippen LogP contribution is 2.26. The Morgan fingerprint density at radius 1 is 1.44 bits per heavy atom. The Bertz CT molecular complexity index is 754. The number of H-pyrrole nitrogens is 2. The number of hydrogen-bond acceptors (Lipinski definition) is 3. The van der Waals surface area contributed by atoms with Gasteiger partial charge in [0.1, 0.15) is 5.69 Å². The van der Waals surface area contributed by atoms with Gasteiger partial charge in [0.15, 0.2) is 0 Å². The van der Waals surface area contributed by atoms with Crippen LogP contribution in [0.5, 0.6) is 0 Å². The van der Waals surface area contributed by atoms with E-state index in [9.17, 15) is 4.79 Å². The molecule has 5 nitrogen and oxygen atoms in total. The lowest BCUT2D eigenvalue weighted by Gasteiger charge is -2.03. The number of anilines is 1. The Morgan fingerprint density at radius 2 is 2.25 bits per heavy atom. The fourth-order valence-corrected chi connectivity index (χ4v) is 1.89. The SMILES string of the molecule is Cc1nc2c(cc(N)c3[nH]ccc32)[nH]c1=O. The Balaban J connectivity index is 2.64. The molecule has 5 heteroatoms. The summed E-state index contributed by atoms with van der Waals surface area (Å²) < 4.78 is 0. The molecule has 0 unspecified atom stereocenters. The summed E-state index contributed by atoms with van der Waals surface area (Å²) in [5.74, 6) is 0. The van der Waals surface area contributed by atoms with Crippen molar-refractivity contribution in [3.63, 3.8) is 0 Å². The molecule has 16 heavy (non-hydrogen) atoms. The molecule has 0 aliphatic carbocycles. The fourth-order valence-electron chi connectivity index (χ4n) is 1.89. The zero-order valence-electron chi connectivity index (χ0n) is 8.66. The molecule has 0 radical (unpaired) electrons. The third-order valence-corrected chi connectivity index (χ3v) is 2.70. The average molecular weight is 214 g/mol. The number of aryl methyl sites for hydroxylation is 1. The third kappa shape index (κ3) is 1.05. The van der Waals surface area contributed by atoms with Gasteiger partial charge in [-0.05, 0) is 19.1 Å². The lowest BCUT2D eigenvalue weighted by Crippen LogP contribution is -2.11. The van der Waals surface area contributed by atoms with Crippen molar-refractivity contribution in [2.24, 2.45) is 0 Å². The van der Waals surface area contributed by atoms with Gasteiger partial charge in [-0.3, -0.25) is 4.79 Å². The molecule has 0 aliphatic rings. The van der Waals surface area contributed by atoms with Crippen molar-refractivity contribution in [2.45, 2.75) is 6.92 Å². The van der Waals surface area contributed by atoms with Crippen LogP contribution in [0, 0.1) is 6.92 Å². The van der Waals surface area contributed by atoms with Crippen molar-refractivity contribution >= 4 is 27.6 Å². The van der Waals surface area contributed by atoms with Gasteiger partial charge in [0.2, 0.25) is 0 Å². The smallest absolute Gasteiger partial charge is 0.269 e. The quantitative estimate of drug-likeness (QED) is 0.493. The second-order valence-corrected chi connectivity index (χ2v) is 3.78. The molecule has 2 heterocycles. The van der Waals surface area contributed by atoms with Crippen LogP contribution in [-0.2, 0) is 0 Å². The van der Waals surface area contributed by atoms with E-state index in [0.717, 1.165) is 16.4 Å². The Kier molecular flexibility index (Phi) is 1.60. The van der Waals surface area contributed by atoms with Crippen molar-refractivity contribution in [1.82, 2.24) is 15.0 Å². The van der Waals surface area contributed by atoms with Crippen LogP contribution in [0.3, 0.4) is 0 Å². The number of nitrogens with one attached hydrogen (secondary N) is 2. The van der Waals surface area contributed by atoms with Crippen molar-refractivity contribution in [2.75, 3.05) is 5.73 Å². The first kappa shape index (κ1) is 8.96. The summed E-state index contributed by atoms with van der Waals surface area (Å²) in [5, 5.41) is 0.925. The number of nitrogens with zero attached hydrogens (tertiary/aromatic N) is 1. The zero-order chi connectivity index (χ0) is 11.3. The first-order chi connectivity index (χ1) is 7.66. The second-order valence-electron chi connectivity index (χ2n) is 3.78. The minimum absolute atomic E-state index is 0.179. The van der Waals surface area contributed by atoms with Gasteiger partial charge in [0, 0.05) is 11.6 Å². The molecule has 0 atom stereocenters. The lowest BCUT2D eigenvalue weighted by atomic mass is 10.2. The van der Waals surface area contributed by atoms with Gasteiger partial charge in [-0.15, -0.1) is 0 Å². The van der Waals surface area contributed by atoms with E-state index in [4.69, 9.17) is 5.73 Å². The molecular weight excluding hydrogens is 204 g/mol. The van der Waals surface area contributed by atoms with Gasteiger partial charge in [0.05, 0.1) is 22.2 Å². The maximum Gasteiger partial charge on any atom is 0.269 e. The summed E-state index contributed by atoms with van der Waals surface area (Å²) in [4.78, 5) is 21.6. The van der Waals surface area contributed by atoms with E-state index in [1.807, 2.05) is 12.3 Å². The molecule has 3 rings (SSSR count). The molecule has 0 saturated carbocycles. The molecule has 3 aromatic rings. The van der Waals surface area contributed by atoms with Crippen molar-refractivity contribution in [3.8, 4) is 0 Å². The highest BCUT2D eigenvalue weighted by Gasteiger charge is 2.08. The molecule has 4 N–H and O–H groups in total. The fraction of sp³-hybridized carbons (Fsp3) is 0.0909. The van der Waals surface area contributed by atoms with E-state index >= 15 is 0 Å². The lowest BCUT2D eigenvalue weighted by molar-refractivity contribution is 1.13. The minimum Gasteiger partial charge on any atom is -0.397 e. The molecular formula is C11H10N4O. The van der Waals surface area contributed by atoms with Crippen LogP contribution >= 0.6 is 0 Å². The van der Waals surface area contributed by atoms with Gasteiger partial charge in [-0.25, -0.2) is 4.98 Å². The number of aromatic nitrogens is 3. The molecule has 0 bridgehead atoms. The number of aromatic amines is 2. The third-order valence-electron chi connectivity index (χ3n) is 2.70. The van der Waals surface area contributed by atoms with Gasteiger partial charge >= 0.3 is 0 Å². The van der Waals surface area contributed by atoms with E-state index in [2.05, 4.69) is 15.0 Å². The molecule has 80 valence electrons. The summed E-state index contributed by atoms with van der Waals surface area (Å²) in [6, 6.07) is 3.63. The monoisotopic (exact) mass is 214 g/mol.